The number of nitrogens with one attached hydrogen (secondary N) is 1. The Labute approximate surface area is 136 Å². The molecule has 0 fully saturated rings. The molecule has 0 saturated carbocycles. The summed E-state index contributed by atoms with van der Waals surface area (Å²) in [6, 6.07) is 5.73. The summed E-state index contributed by atoms with van der Waals surface area (Å²) in [6.45, 7) is 4.62. The third-order valence-corrected chi connectivity index (χ3v) is 2.86. The van der Waals surface area contributed by atoms with E-state index in [4.69, 9.17) is 5.73 Å². The van der Waals surface area contributed by atoms with Crippen molar-refractivity contribution in [3.63, 3.8) is 0 Å². The number of halogens is 2. The fourth-order valence-electron chi connectivity index (χ4n) is 1.59. The van der Waals surface area contributed by atoms with Crippen molar-refractivity contribution < 1.29 is 9.50 Å². The highest BCUT2D eigenvalue weighted by Gasteiger charge is 2.22. The number of benzene rings is 1. The van der Waals surface area contributed by atoms with Crippen molar-refractivity contribution in [1.29, 1.82) is 0 Å². The van der Waals surface area contributed by atoms with Crippen LogP contribution >= 0.6 is 24.0 Å². The Morgan fingerprint density at radius 2 is 2.00 bits per heavy atom. The van der Waals surface area contributed by atoms with Gasteiger partial charge in [0.1, 0.15) is 11.4 Å². The predicted molar refractivity (Wildman–Crippen MR) is 90.8 cm³/mol. The molecule has 0 bridgehead atoms. The maximum Gasteiger partial charge on any atom is 0.188 e. The second-order valence-electron chi connectivity index (χ2n) is 4.76. The maximum atomic E-state index is 12.8. The number of nitrogens with zero attached hydrogens (tertiary/aromatic N) is 1. The van der Waals surface area contributed by atoms with Crippen molar-refractivity contribution in [1.82, 2.24) is 5.32 Å². The fourth-order valence-corrected chi connectivity index (χ4v) is 1.59. The highest BCUT2D eigenvalue weighted by atomic mass is 127. The molecule has 0 aromatic heterocycles. The third kappa shape index (κ3) is 6.51. The zero-order valence-corrected chi connectivity index (χ0v) is 14.2. The van der Waals surface area contributed by atoms with Gasteiger partial charge in [0.05, 0.1) is 6.54 Å². The largest absolute Gasteiger partial charge is 0.384 e. The van der Waals surface area contributed by atoms with Gasteiger partial charge in [-0.2, -0.15) is 0 Å². The summed E-state index contributed by atoms with van der Waals surface area (Å²) in [5, 5.41) is 13.3. The molecule has 1 rings (SSSR count). The molecule has 114 valence electrons. The lowest BCUT2D eigenvalue weighted by Gasteiger charge is -2.22. The summed E-state index contributed by atoms with van der Waals surface area (Å²) in [5.41, 5.74) is 5.14. The van der Waals surface area contributed by atoms with E-state index < -0.39 is 5.60 Å². The van der Waals surface area contributed by atoms with Gasteiger partial charge in [0, 0.05) is 6.54 Å². The summed E-state index contributed by atoms with van der Waals surface area (Å²) in [6.07, 6.45) is 2.10. The lowest BCUT2D eigenvalue weighted by atomic mass is 9.96. The number of nitrogens with two attached hydrogens (primary N) is 1. The zero-order chi connectivity index (χ0) is 14.3. The summed E-state index contributed by atoms with van der Waals surface area (Å²) in [7, 11) is 0. The van der Waals surface area contributed by atoms with Crippen molar-refractivity contribution in [2.24, 2.45) is 10.7 Å². The van der Waals surface area contributed by atoms with Gasteiger partial charge in [-0.05, 0) is 31.0 Å². The lowest BCUT2D eigenvalue weighted by molar-refractivity contribution is 0.0672. The number of hydrogen-bond acceptors (Lipinski definition) is 2. The highest BCUT2D eigenvalue weighted by Crippen LogP contribution is 2.20. The van der Waals surface area contributed by atoms with E-state index in [0.29, 0.717) is 11.5 Å². The fraction of sp³-hybridized carbons (Fsp3) is 0.500. The Kier molecular flexibility index (Phi) is 8.71. The van der Waals surface area contributed by atoms with Gasteiger partial charge in [-0.25, -0.2) is 4.39 Å². The lowest BCUT2D eigenvalue weighted by Crippen LogP contribution is -2.35. The molecular formula is C14H23FIN3O. The van der Waals surface area contributed by atoms with E-state index in [2.05, 4.69) is 17.2 Å². The molecule has 6 heteroatoms. The molecule has 0 radical (unpaired) electrons. The second-order valence-corrected chi connectivity index (χ2v) is 4.76. The average molecular weight is 395 g/mol. The Bertz CT molecular complexity index is 421. The van der Waals surface area contributed by atoms with Crippen LogP contribution in [-0.4, -0.2) is 24.2 Å². The minimum absolute atomic E-state index is 0. The van der Waals surface area contributed by atoms with E-state index in [1.165, 1.54) is 12.1 Å². The molecule has 4 nitrogen and oxygen atoms in total. The summed E-state index contributed by atoms with van der Waals surface area (Å²) < 4.78 is 12.8. The predicted octanol–water partition coefficient (Wildman–Crippen LogP) is 2.36. The Morgan fingerprint density at radius 1 is 1.40 bits per heavy atom. The van der Waals surface area contributed by atoms with Crippen LogP contribution in [0.2, 0.25) is 0 Å². The first-order valence-corrected chi connectivity index (χ1v) is 6.48. The molecule has 4 N–H and O–H groups in total. The smallest absolute Gasteiger partial charge is 0.188 e. The summed E-state index contributed by atoms with van der Waals surface area (Å²) >= 11 is 0. The van der Waals surface area contributed by atoms with Crippen LogP contribution in [0.5, 0.6) is 0 Å². The zero-order valence-electron chi connectivity index (χ0n) is 11.9. The molecule has 0 saturated heterocycles. The standard InChI is InChI=1S/C14H22FN3O.HI/c1-3-4-9-17-13(16)18-10-14(2,19)11-5-7-12(15)8-6-11;/h5-8,19H,3-4,9-10H2,1-2H3,(H3,16,17,18);1H. The van der Waals surface area contributed by atoms with E-state index >= 15 is 0 Å². The molecule has 0 amide bonds. The summed E-state index contributed by atoms with van der Waals surface area (Å²) in [4.78, 5) is 4.11. The van der Waals surface area contributed by atoms with Crippen LogP contribution in [0.1, 0.15) is 32.3 Å². The quantitative estimate of drug-likeness (QED) is 0.300. The van der Waals surface area contributed by atoms with Crippen LogP contribution < -0.4 is 11.1 Å². The molecule has 1 aromatic carbocycles. The summed E-state index contributed by atoms with van der Waals surface area (Å²) in [5.74, 6) is -0.0142. The number of unbranched alkanes of at least 4 members (excludes halogenated alkanes) is 1. The molecule has 1 atom stereocenters. The Hall–Kier alpha value is -0.890. The van der Waals surface area contributed by atoms with Crippen LogP contribution in [0, 0.1) is 5.82 Å². The van der Waals surface area contributed by atoms with Crippen LogP contribution in [0.3, 0.4) is 0 Å². The van der Waals surface area contributed by atoms with E-state index in [1.807, 2.05) is 0 Å². The topological polar surface area (TPSA) is 70.6 Å². The van der Waals surface area contributed by atoms with Crippen molar-refractivity contribution in [2.45, 2.75) is 32.3 Å². The normalized spacial score (nSPS) is 14.3. The van der Waals surface area contributed by atoms with Gasteiger partial charge in [0.25, 0.3) is 0 Å². The maximum absolute atomic E-state index is 12.8. The first kappa shape index (κ1) is 19.1. The van der Waals surface area contributed by atoms with Gasteiger partial charge in [-0.3, -0.25) is 4.99 Å². The van der Waals surface area contributed by atoms with Gasteiger partial charge >= 0.3 is 0 Å². The average Bonchev–Trinajstić information content (AvgIpc) is 2.37. The third-order valence-electron chi connectivity index (χ3n) is 2.86. The van der Waals surface area contributed by atoms with Crippen LogP contribution in [0.4, 0.5) is 4.39 Å². The molecule has 0 aliphatic rings. The number of rotatable bonds is 6. The van der Waals surface area contributed by atoms with Gasteiger partial charge < -0.3 is 16.2 Å². The molecule has 1 aromatic rings. The molecule has 0 aliphatic carbocycles. The molecular weight excluding hydrogens is 372 g/mol. The molecule has 1 unspecified atom stereocenters. The first-order chi connectivity index (χ1) is 8.95. The molecule has 20 heavy (non-hydrogen) atoms. The molecule has 0 spiro atoms. The molecule has 0 heterocycles. The molecule has 0 aliphatic heterocycles. The Morgan fingerprint density at radius 3 is 2.55 bits per heavy atom. The van der Waals surface area contributed by atoms with E-state index in [0.717, 1.165) is 19.4 Å². The van der Waals surface area contributed by atoms with E-state index in [1.54, 1.807) is 19.1 Å². The number of aliphatic hydroxyl groups is 1. The van der Waals surface area contributed by atoms with Crippen molar-refractivity contribution in [3.05, 3.63) is 35.6 Å². The van der Waals surface area contributed by atoms with Crippen LogP contribution in [0.15, 0.2) is 29.3 Å². The highest BCUT2D eigenvalue weighted by molar-refractivity contribution is 14.0. The monoisotopic (exact) mass is 395 g/mol. The number of aliphatic imine (C=N–C) groups is 1. The van der Waals surface area contributed by atoms with Crippen molar-refractivity contribution in [2.75, 3.05) is 13.1 Å². The number of guanidine groups is 1. The minimum Gasteiger partial charge on any atom is -0.384 e. The van der Waals surface area contributed by atoms with Gasteiger partial charge in [-0.15, -0.1) is 24.0 Å². The second kappa shape index (κ2) is 9.12. The Balaban J connectivity index is 0.00000361. The van der Waals surface area contributed by atoms with E-state index in [-0.39, 0.29) is 36.3 Å². The van der Waals surface area contributed by atoms with Gasteiger partial charge in [-0.1, -0.05) is 25.5 Å². The first-order valence-electron chi connectivity index (χ1n) is 6.48. The minimum atomic E-state index is -1.16. The van der Waals surface area contributed by atoms with Gasteiger partial charge in [0.15, 0.2) is 5.96 Å². The number of hydrogen-bond donors (Lipinski definition) is 3. The van der Waals surface area contributed by atoms with Crippen LogP contribution in [0.25, 0.3) is 0 Å². The van der Waals surface area contributed by atoms with E-state index in [9.17, 15) is 9.50 Å². The van der Waals surface area contributed by atoms with Crippen molar-refractivity contribution in [3.8, 4) is 0 Å². The SMILES string of the molecule is CCCCNC(N)=NCC(C)(O)c1ccc(F)cc1.I. The van der Waals surface area contributed by atoms with Gasteiger partial charge in [0.2, 0.25) is 0 Å². The van der Waals surface area contributed by atoms with Crippen molar-refractivity contribution >= 4 is 29.9 Å². The van der Waals surface area contributed by atoms with Crippen LogP contribution in [-0.2, 0) is 5.60 Å².